The molecule has 192 valence electrons. The number of carboxylic acid groups (broad SMARTS) is 1. The van der Waals surface area contributed by atoms with Crippen LogP contribution in [0.15, 0.2) is 52.0 Å². The van der Waals surface area contributed by atoms with Gasteiger partial charge < -0.3 is 20.0 Å². The van der Waals surface area contributed by atoms with Crippen LogP contribution in [0.3, 0.4) is 0 Å². The largest absolute Gasteiger partial charge is 0.491 e. The van der Waals surface area contributed by atoms with E-state index in [1.807, 2.05) is 13.8 Å². The second kappa shape index (κ2) is 9.94. The van der Waals surface area contributed by atoms with Crippen LogP contribution >= 0.6 is 0 Å². The van der Waals surface area contributed by atoms with Crippen molar-refractivity contribution in [2.45, 2.75) is 49.8 Å². The first-order valence-corrected chi connectivity index (χ1v) is 13.3. The molecular formula is C26H29FN2O6S. The molecule has 1 aliphatic rings. The van der Waals surface area contributed by atoms with Crippen LogP contribution in [0, 0.1) is 5.82 Å². The second-order valence-corrected chi connectivity index (χ2v) is 10.4. The minimum Gasteiger partial charge on any atom is -0.491 e. The number of furan rings is 1. The predicted octanol–water partition coefficient (Wildman–Crippen LogP) is 4.93. The Morgan fingerprint density at radius 2 is 1.92 bits per heavy atom. The predicted molar refractivity (Wildman–Crippen MR) is 133 cm³/mol. The standard InChI is InChI=1S/C26H29FN2O6S/c1-3-26(4-2,11-12-28)19-15-16(27)5-8-22(19)36(32,33)29-20-7-6-18-17-9-13-34-21(17)10-14-35-24(18)23(20)25(30)31/h5-9,13,15,29H,3-4,10-12,14,28H2,1-2H3,(H,30,31). The van der Waals surface area contributed by atoms with E-state index in [9.17, 15) is 22.7 Å². The van der Waals surface area contributed by atoms with E-state index in [2.05, 4.69) is 4.72 Å². The Bertz CT molecular complexity index is 1400. The van der Waals surface area contributed by atoms with E-state index in [1.165, 1.54) is 24.5 Å². The quantitative estimate of drug-likeness (QED) is 0.367. The number of halogens is 1. The van der Waals surface area contributed by atoms with Crippen molar-refractivity contribution in [1.82, 2.24) is 0 Å². The van der Waals surface area contributed by atoms with Crippen molar-refractivity contribution in [3.63, 3.8) is 0 Å². The lowest BCUT2D eigenvalue weighted by Crippen LogP contribution is -2.31. The molecule has 0 bridgehead atoms. The van der Waals surface area contributed by atoms with E-state index < -0.39 is 27.2 Å². The summed E-state index contributed by atoms with van der Waals surface area (Å²) in [5.41, 5.74) is 6.22. The topological polar surface area (TPSA) is 132 Å². The molecule has 0 fully saturated rings. The van der Waals surface area contributed by atoms with Gasteiger partial charge in [0, 0.05) is 17.5 Å². The van der Waals surface area contributed by atoms with Crippen molar-refractivity contribution in [1.29, 1.82) is 0 Å². The molecule has 0 atom stereocenters. The third-order valence-electron chi connectivity index (χ3n) is 7.01. The Kier molecular flexibility index (Phi) is 7.10. The number of fused-ring (bicyclic) bond motifs is 3. The van der Waals surface area contributed by atoms with Crippen molar-refractivity contribution in [3.8, 4) is 16.9 Å². The van der Waals surface area contributed by atoms with Crippen molar-refractivity contribution in [2.75, 3.05) is 17.9 Å². The summed E-state index contributed by atoms with van der Waals surface area (Å²) in [6.07, 6.45) is 3.51. The smallest absolute Gasteiger partial charge is 0.341 e. The zero-order valence-electron chi connectivity index (χ0n) is 20.1. The Labute approximate surface area is 209 Å². The zero-order valence-corrected chi connectivity index (χ0v) is 21.0. The molecular weight excluding hydrogens is 487 g/mol. The van der Waals surface area contributed by atoms with Crippen molar-refractivity contribution in [2.24, 2.45) is 5.73 Å². The van der Waals surface area contributed by atoms with Crippen LogP contribution in [0.1, 0.15) is 54.8 Å². The number of sulfonamides is 1. The number of rotatable bonds is 9. The molecule has 1 aromatic heterocycles. The highest BCUT2D eigenvalue weighted by Crippen LogP contribution is 2.43. The maximum absolute atomic E-state index is 14.3. The molecule has 1 aliphatic heterocycles. The van der Waals surface area contributed by atoms with Gasteiger partial charge in [-0.1, -0.05) is 13.8 Å². The molecule has 0 saturated heterocycles. The van der Waals surface area contributed by atoms with Gasteiger partial charge in [-0.3, -0.25) is 4.72 Å². The lowest BCUT2D eigenvalue weighted by Gasteiger charge is -2.34. The summed E-state index contributed by atoms with van der Waals surface area (Å²) in [6, 6.07) is 8.23. The average Bonchev–Trinajstić information content (AvgIpc) is 3.23. The number of benzene rings is 2. The number of hydrogen-bond donors (Lipinski definition) is 3. The summed E-state index contributed by atoms with van der Waals surface area (Å²) >= 11 is 0. The number of nitrogens with two attached hydrogens (primary N) is 1. The van der Waals surface area contributed by atoms with Gasteiger partial charge in [-0.2, -0.15) is 0 Å². The van der Waals surface area contributed by atoms with E-state index in [4.69, 9.17) is 14.9 Å². The number of ether oxygens (including phenoxy) is 1. The molecule has 0 amide bonds. The molecule has 0 saturated carbocycles. The maximum Gasteiger partial charge on any atom is 0.341 e. The van der Waals surface area contributed by atoms with Gasteiger partial charge in [-0.15, -0.1) is 0 Å². The normalized spacial score (nSPS) is 13.3. The van der Waals surface area contributed by atoms with Crippen LogP contribution in [-0.4, -0.2) is 32.6 Å². The average molecular weight is 517 g/mol. The van der Waals surface area contributed by atoms with E-state index in [1.54, 1.807) is 12.1 Å². The second-order valence-electron chi connectivity index (χ2n) is 8.80. The van der Waals surface area contributed by atoms with E-state index >= 15 is 0 Å². The number of carboxylic acids is 1. The molecule has 10 heteroatoms. The minimum atomic E-state index is -4.32. The third-order valence-corrected chi connectivity index (χ3v) is 8.43. The van der Waals surface area contributed by atoms with Crippen LogP contribution in [0.4, 0.5) is 10.1 Å². The van der Waals surface area contributed by atoms with Gasteiger partial charge in [0.05, 0.1) is 23.5 Å². The summed E-state index contributed by atoms with van der Waals surface area (Å²) in [5, 5.41) is 10.0. The zero-order chi connectivity index (χ0) is 26.1. The van der Waals surface area contributed by atoms with Crippen LogP contribution in [0.5, 0.6) is 5.75 Å². The van der Waals surface area contributed by atoms with Crippen LogP contribution in [0.25, 0.3) is 11.1 Å². The molecule has 0 radical (unpaired) electrons. The number of anilines is 1. The maximum atomic E-state index is 14.3. The molecule has 36 heavy (non-hydrogen) atoms. The summed E-state index contributed by atoms with van der Waals surface area (Å²) in [6.45, 7) is 4.28. The highest BCUT2D eigenvalue weighted by Gasteiger charge is 2.35. The van der Waals surface area contributed by atoms with Crippen molar-refractivity contribution >= 4 is 21.7 Å². The van der Waals surface area contributed by atoms with E-state index in [0.717, 1.165) is 6.07 Å². The summed E-state index contributed by atoms with van der Waals surface area (Å²) in [4.78, 5) is 12.2. The Morgan fingerprint density at radius 3 is 2.58 bits per heavy atom. The first kappa shape index (κ1) is 25.7. The lowest BCUT2D eigenvalue weighted by molar-refractivity contribution is 0.0693. The molecule has 0 unspecified atom stereocenters. The Hall–Kier alpha value is -3.37. The van der Waals surface area contributed by atoms with Gasteiger partial charge in [0.25, 0.3) is 10.0 Å². The molecule has 0 spiro atoms. The molecule has 3 aromatic rings. The fourth-order valence-corrected chi connectivity index (χ4v) is 6.39. The van der Waals surface area contributed by atoms with Gasteiger partial charge in [0.1, 0.15) is 22.9 Å². The fraction of sp³-hybridized carbons (Fsp3) is 0.346. The summed E-state index contributed by atoms with van der Waals surface area (Å²) < 4.78 is 55.4. The third kappa shape index (κ3) is 4.46. The van der Waals surface area contributed by atoms with Crippen LogP contribution in [0.2, 0.25) is 0 Å². The van der Waals surface area contributed by atoms with Crippen molar-refractivity contribution < 1.29 is 31.9 Å². The SMILES string of the molecule is CCC(CC)(CCN)c1cc(F)ccc1S(=O)(=O)Nc1ccc2c(c1C(=O)O)OCCc1occc1-2. The Balaban J connectivity index is 1.85. The molecule has 2 heterocycles. The number of aromatic carboxylic acids is 1. The number of nitrogens with one attached hydrogen (secondary N) is 1. The summed E-state index contributed by atoms with van der Waals surface area (Å²) in [5.74, 6) is -1.20. The number of hydrogen-bond acceptors (Lipinski definition) is 6. The highest BCUT2D eigenvalue weighted by molar-refractivity contribution is 7.92. The molecule has 4 N–H and O–H groups in total. The molecule has 4 rings (SSSR count). The lowest BCUT2D eigenvalue weighted by atomic mass is 9.73. The Morgan fingerprint density at radius 1 is 1.17 bits per heavy atom. The van der Waals surface area contributed by atoms with Crippen LogP contribution in [-0.2, 0) is 21.9 Å². The van der Waals surface area contributed by atoms with Gasteiger partial charge in [0.15, 0.2) is 0 Å². The van der Waals surface area contributed by atoms with E-state index in [0.29, 0.717) is 54.7 Å². The van der Waals surface area contributed by atoms with Crippen LogP contribution < -0.4 is 15.2 Å². The minimum absolute atomic E-state index is 0.0572. The van der Waals surface area contributed by atoms with Gasteiger partial charge >= 0.3 is 5.97 Å². The highest BCUT2D eigenvalue weighted by atomic mass is 32.2. The first-order valence-electron chi connectivity index (χ1n) is 11.8. The summed E-state index contributed by atoms with van der Waals surface area (Å²) in [7, 11) is -4.32. The van der Waals surface area contributed by atoms with Gasteiger partial charge in [-0.25, -0.2) is 17.6 Å². The number of carbonyl (C=O) groups is 1. The van der Waals surface area contributed by atoms with E-state index in [-0.39, 0.29) is 28.5 Å². The molecule has 2 aromatic carbocycles. The van der Waals surface area contributed by atoms with Gasteiger partial charge in [-0.05, 0) is 73.2 Å². The molecule has 8 nitrogen and oxygen atoms in total. The molecule has 0 aliphatic carbocycles. The first-order chi connectivity index (χ1) is 17.2. The van der Waals surface area contributed by atoms with Crippen molar-refractivity contribution in [3.05, 3.63) is 65.4 Å². The van der Waals surface area contributed by atoms with Gasteiger partial charge in [0.2, 0.25) is 0 Å². The fourth-order valence-electron chi connectivity index (χ4n) is 5.01. The monoisotopic (exact) mass is 516 g/mol.